The van der Waals surface area contributed by atoms with Crippen LogP contribution in [0.15, 0.2) is 0 Å². The highest BCUT2D eigenvalue weighted by Crippen LogP contribution is 2.39. The molecule has 0 amide bonds. The Morgan fingerprint density at radius 3 is 2.61 bits per heavy atom. The highest BCUT2D eigenvalue weighted by molar-refractivity contribution is 4.90. The van der Waals surface area contributed by atoms with Gasteiger partial charge >= 0.3 is 0 Å². The second-order valence-electron chi connectivity index (χ2n) is 6.63. The first-order valence-corrected chi connectivity index (χ1v) is 7.62. The van der Waals surface area contributed by atoms with Crippen LogP contribution < -0.4 is 5.32 Å². The number of morpholine rings is 1. The monoisotopic (exact) mass is 254 g/mol. The third-order valence-corrected chi connectivity index (χ3v) is 4.77. The fraction of sp³-hybridized carbons (Fsp3) is 1.00. The Labute approximate surface area is 112 Å². The lowest BCUT2D eigenvalue weighted by Gasteiger charge is -2.44. The summed E-state index contributed by atoms with van der Waals surface area (Å²) in [4.78, 5) is 2.63. The van der Waals surface area contributed by atoms with Gasteiger partial charge in [-0.3, -0.25) is 4.90 Å². The maximum Gasteiger partial charge on any atom is 0.0674 e. The lowest BCUT2D eigenvalue weighted by Crippen LogP contribution is -2.50. The van der Waals surface area contributed by atoms with Crippen LogP contribution in [-0.4, -0.2) is 50.8 Å². The van der Waals surface area contributed by atoms with Crippen molar-refractivity contribution in [1.29, 1.82) is 0 Å². The van der Waals surface area contributed by atoms with Crippen molar-refractivity contribution in [1.82, 2.24) is 10.2 Å². The van der Waals surface area contributed by atoms with Crippen LogP contribution in [0.3, 0.4) is 0 Å². The molecule has 1 saturated carbocycles. The Bertz CT molecular complexity index is 249. The molecule has 3 heteroatoms. The Balaban J connectivity index is 1.92. The zero-order valence-electron chi connectivity index (χ0n) is 12.4. The Kier molecular flexibility index (Phi) is 5.05. The number of nitrogens with zero attached hydrogens (tertiary/aromatic N) is 1. The van der Waals surface area contributed by atoms with Crippen molar-refractivity contribution in [2.24, 2.45) is 11.3 Å². The number of rotatable bonds is 4. The van der Waals surface area contributed by atoms with E-state index in [2.05, 4.69) is 31.1 Å². The SMILES string of the molecule is CNCC1(CN2CCOC(C)C2)CCC(C)CC1. The third kappa shape index (κ3) is 3.69. The second-order valence-corrected chi connectivity index (χ2v) is 6.63. The van der Waals surface area contributed by atoms with E-state index < -0.39 is 0 Å². The molecule has 1 aliphatic heterocycles. The van der Waals surface area contributed by atoms with Gasteiger partial charge in [-0.1, -0.05) is 19.8 Å². The molecule has 1 unspecified atom stereocenters. The van der Waals surface area contributed by atoms with Crippen LogP contribution in [0, 0.1) is 11.3 Å². The highest BCUT2D eigenvalue weighted by atomic mass is 16.5. The van der Waals surface area contributed by atoms with Crippen LogP contribution in [0.1, 0.15) is 39.5 Å². The maximum atomic E-state index is 5.65. The summed E-state index contributed by atoms with van der Waals surface area (Å²) in [6.45, 7) is 10.2. The third-order valence-electron chi connectivity index (χ3n) is 4.77. The predicted octanol–water partition coefficient (Wildman–Crippen LogP) is 2.12. The van der Waals surface area contributed by atoms with E-state index in [-0.39, 0.29) is 0 Å². The van der Waals surface area contributed by atoms with Gasteiger partial charge in [0, 0.05) is 26.2 Å². The standard InChI is InChI=1S/C15H30N2O/c1-13-4-6-15(7-5-13,11-16-3)12-17-8-9-18-14(2)10-17/h13-14,16H,4-12H2,1-3H3. The van der Waals surface area contributed by atoms with Gasteiger partial charge in [-0.2, -0.15) is 0 Å². The summed E-state index contributed by atoms with van der Waals surface area (Å²) in [6.07, 6.45) is 6.00. The molecule has 0 bridgehead atoms. The lowest BCUT2D eigenvalue weighted by molar-refractivity contribution is -0.0382. The van der Waals surface area contributed by atoms with Crippen molar-refractivity contribution >= 4 is 0 Å². The van der Waals surface area contributed by atoms with Gasteiger partial charge in [0.1, 0.15) is 0 Å². The average molecular weight is 254 g/mol. The van der Waals surface area contributed by atoms with Gasteiger partial charge in [0.15, 0.2) is 0 Å². The van der Waals surface area contributed by atoms with Crippen molar-refractivity contribution < 1.29 is 4.74 Å². The summed E-state index contributed by atoms with van der Waals surface area (Å²) in [5.41, 5.74) is 0.512. The summed E-state index contributed by atoms with van der Waals surface area (Å²) in [6, 6.07) is 0. The molecule has 2 fully saturated rings. The molecule has 1 heterocycles. The molecular weight excluding hydrogens is 224 g/mol. The van der Waals surface area contributed by atoms with Crippen LogP contribution in [-0.2, 0) is 4.74 Å². The van der Waals surface area contributed by atoms with Crippen molar-refractivity contribution in [3.8, 4) is 0 Å². The second kappa shape index (κ2) is 6.36. The quantitative estimate of drug-likeness (QED) is 0.832. The first-order valence-electron chi connectivity index (χ1n) is 7.62. The van der Waals surface area contributed by atoms with Gasteiger partial charge in [0.2, 0.25) is 0 Å². The summed E-state index contributed by atoms with van der Waals surface area (Å²) in [5.74, 6) is 0.929. The molecule has 1 N–H and O–H groups in total. The summed E-state index contributed by atoms with van der Waals surface area (Å²) in [5, 5.41) is 3.44. The maximum absolute atomic E-state index is 5.65. The molecule has 18 heavy (non-hydrogen) atoms. The van der Waals surface area contributed by atoms with Gasteiger partial charge in [-0.15, -0.1) is 0 Å². The zero-order valence-corrected chi connectivity index (χ0v) is 12.4. The van der Waals surface area contributed by atoms with E-state index in [9.17, 15) is 0 Å². The first kappa shape index (κ1) is 14.3. The molecule has 3 nitrogen and oxygen atoms in total. The van der Waals surface area contributed by atoms with E-state index in [1.807, 2.05) is 0 Å². The van der Waals surface area contributed by atoms with E-state index in [1.54, 1.807) is 0 Å². The average Bonchev–Trinajstić information content (AvgIpc) is 2.34. The van der Waals surface area contributed by atoms with Gasteiger partial charge in [0.05, 0.1) is 12.7 Å². The lowest BCUT2D eigenvalue weighted by atomic mass is 9.70. The van der Waals surface area contributed by atoms with Gasteiger partial charge in [-0.05, 0) is 38.1 Å². The van der Waals surface area contributed by atoms with E-state index >= 15 is 0 Å². The van der Waals surface area contributed by atoms with Crippen LogP contribution in [0.4, 0.5) is 0 Å². The first-order chi connectivity index (χ1) is 8.63. The minimum atomic E-state index is 0.410. The fourth-order valence-electron chi connectivity index (χ4n) is 3.65. The normalized spacial score (nSPS) is 38.8. The molecule has 0 aromatic carbocycles. The topological polar surface area (TPSA) is 24.5 Å². The van der Waals surface area contributed by atoms with Gasteiger partial charge in [0.25, 0.3) is 0 Å². The fourth-order valence-corrected chi connectivity index (χ4v) is 3.65. The number of hydrogen-bond acceptors (Lipinski definition) is 3. The van der Waals surface area contributed by atoms with E-state index in [4.69, 9.17) is 4.74 Å². The Hall–Kier alpha value is -0.120. The molecule has 2 aliphatic rings. The van der Waals surface area contributed by atoms with Gasteiger partial charge < -0.3 is 10.1 Å². The van der Waals surface area contributed by atoms with E-state index in [0.717, 1.165) is 25.6 Å². The smallest absolute Gasteiger partial charge is 0.0674 e. The minimum absolute atomic E-state index is 0.410. The van der Waals surface area contributed by atoms with Crippen molar-refractivity contribution in [2.75, 3.05) is 39.8 Å². The van der Waals surface area contributed by atoms with Crippen LogP contribution in [0.5, 0.6) is 0 Å². The molecule has 1 aliphatic carbocycles. The molecule has 0 aromatic heterocycles. The van der Waals surface area contributed by atoms with E-state index in [0.29, 0.717) is 11.5 Å². The minimum Gasteiger partial charge on any atom is -0.376 e. The van der Waals surface area contributed by atoms with Crippen LogP contribution in [0.25, 0.3) is 0 Å². The number of nitrogens with one attached hydrogen (secondary N) is 1. The number of hydrogen-bond donors (Lipinski definition) is 1. The molecule has 1 saturated heterocycles. The molecular formula is C15H30N2O. The van der Waals surface area contributed by atoms with Crippen molar-refractivity contribution in [2.45, 2.75) is 45.6 Å². The summed E-state index contributed by atoms with van der Waals surface area (Å²) >= 11 is 0. The van der Waals surface area contributed by atoms with Gasteiger partial charge in [-0.25, -0.2) is 0 Å². The summed E-state index contributed by atoms with van der Waals surface area (Å²) in [7, 11) is 2.10. The molecule has 0 radical (unpaired) electrons. The van der Waals surface area contributed by atoms with E-state index in [1.165, 1.54) is 38.8 Å². The highest BCUT2D eigenvalue weighted by Gasteiger charge is 2.36. The summed E-state index contributed by atoms with van der Waals surface area (Å²) < 4.78 is 5.65. The molecule has 106 valence electrons. The zero-order chi connectivity index (χ0) is 13.0. The van der Waals surface area contributed by atoms with Crippen LogP contribution >= 0.6 is 0 Å². The molecule has 2 rings (SSSR count). The van der Waals surface area contributed by atoms with Crippen molar-refractivity contribution in [3.05, 3.63) is 0 Å². The van der Waals surface area contributed by atoms with Crippen molar-refractivity contribution in [3.63, 3.8) is 0 Å². The Morgan fingerprint density at radius 1 is 1.28 bits per heavy atom. The molecule has 1 atom stereocenters. The molecule has 0 aromatic rings. The number of ether oxygens (including phenoxy) is 1. The molecule has 0 spiro atoms. The van der Waals surface area contributed by atoms with Crippen LogP contribution in [0.2, 0.25) is 0 Å². The largest absolute Gasteiger partial charge is 0.376 e. The predicted molar refractivity (Wildman–Crippen MR) is 75.8 cm³/mol. The Morgan fingerprint density at radius 2 is 2.00 bits per heavy atom.